The number of rotatable bonds is 7. The van der Waals surface area contributed by atoms with Crippen LogP contribution in [-0.4, -0.2) is 42.4 Å². The highest BCUT2D eigenvalue weighted by Gasteiger charge is 2.30. The summed E-state index contributed by atoms with van der Waals surface area (Å²) >= 11 is 0. The fourth-order valence-electron chi connectivity index (χ4n) is 0.750. The van der Waals surface area contributed by atoms with E-state index in [1.807, 2.05) is 0 Å². The molecule has 0 saturated carbocycles. The van der Waals surface area contributed by atoms with Gasteiger partial charge in [0.1, 0.15) is 6.04 Å². The summed E-state index contributed by atoms with van der Waals surface area (Å²) in [6.45, 7) is 0. The number of alkyl halides is 2. The number of carboxylic acid groups (broad SMARTS) is 2. The minimum absolute atomic E-state index is 0.614. The molecule has 0 saturated heterocycles. The Labute approximate surface area is 89.1 Å². The molecule has 0 aliphatic rings. The first-order chi connectivity index (χ1) is 7.16. The molecule has 16 heavy (non-hydrogen) atoms. The van der Waals surface area contributed by atoms with Gasteiger partial charge in [0, 0.05) is 6.42 Å². The monoisotopic (exact) mass is 261 g/mol. The SMILES string of the molecule is O=C(O)CCC(NS(=O)(=O)C(F)F)C(=O)O. The maximum absolute atomic E-state index is 11.9. The summed E-state index contributed by atoms with van der Waals surface area (Å²) in [5, 5.41) is 16.7. The first kappa shape index (κ1) is 14.7. The average Bonchev–Trinajstić information content (AvgIpc) is 2.11. The number of sulfonamides is 1. The summed E-state index contributed by atoms with van der Waals surface area (Å²) < 4.78 is 46.2. The quantitative estimate of drug-likeness (QED) is 0.565. The zero-order valence-corrected chi connectivity index (χ0v) is 8.58. The van der Waals surface area contributed by atoms with E-state index in [1.165, 1.54) is 4.72 Å². The van der Waals surface area contributed by atoms with E-state index >= 15 is 0 Å². The molecule has 0 amide bonds. The summed E-state index contributed by atoms with van der Waals surface area (Å²) in [5.41, 5.74) is 0. The van der Waals surface area contributed by atoms with Crippen molar-refractivity contribution in [3.8, 4) is 0 Å². The molecule has 0 aromatic heterocycles. The van der Waals surface area contributed by atoms with Gasteiger partial charge in [0.15, 0.2) is 0 Å². The van der Waals surface area contributed by atoms with Crippen LogP contribution in [0.15, 0.2) is 0 Å². The second-order valence-electron chi connectivity index (χ2n) is 2.75. The van der Waals surface area contributed by atoms with Crippen molar-refractivity contribution >= 4 is 22.0 Å². The minimum atomic E-state index is -5.05. The Morgan fingerprint density at radius 3 is 2.06 bits per heavy atom. The van der Waals surface area contributed by atoms with Crippen molar-refractivity contribution in [3.63, 3.8) is 0 Å². The Hall–Kier alpha value is -1.29. The molecule has 0 bridgehead atoms. The van der Waals surface area contributed by atoms with Crippen molar-refractivity contribution in [1.29, 1.82) is 0 Å². The van der Waals surface area contributed by atoms with Crippen LogP contribution in [0.3, 0.4) is 0 Å². The Bertz CT molecular complexity index is 367. The Balaban J connectivity index is 4.58. The molecule has 3 N–H and O–H groups in total. The van der Waals surface area contributed by atoms with Crippen LogP contribution in [0, 0.1) is 0 Å². The van der Waals surface area contributed by atoms with Crippen molar-refractivity contribution in [2.45, 2.75) is 24.6 Å². The molecule has 94 valence electrons. The lowest BCUT2D eigenvalue weighted by molar-refractivity contribution is -0.140. The summed E-state index contributed by atoms with van der Waals surface area (Å²) in [5.74, 6) is -6.84. The molecule has 7 nitrogen and oxygen atoms in total. The van der Waals surface area contributed by atoms with Gasteiger partial charge < -0.3 is 10.2 Å². The van der Waals surface area contributed by atoms with Crippen molar-refractivity contribution in [1.82, 2.24) is 4.72 Å². The van der Waals surface area contributed by atoms with Crippen LogP contribution in [0.2, 0.25) is 0 Å². The molecule has 0 aliphatic carbocycles. The molecule has 0 spiro atoms. The van der Waals surface area contributed by atoms with Gasteiger partial charge in [0.2, 0.25) is 0 Å². The van der Waals surface area contributed by atoms with E-state index in [1.54, 1.807) is 0 Å². The Morgan fingerprint density at radius 2 is 1.75 bits per heavy atom. The topological polar surface area (TPSA) is 121 Å². The lowest BCUT2D eigenvalue weighted by Crippen LogP contribution is -2.43. The van der Waals surface area contributed by atoms with Crippen LogP contribution < -0.4 is 4.72 Å². The summed E-state index contributed by atoms with van der Waals surface area (Å²) in [7, 11) is -5.05. The smallest absolute Gasteiger partial charge is 0.350 e. The van der Waals surface area contributed by atoms with Crippen molar-refractivity contribution in [2.24, 2.45) is 0 Å². The van der Waals surface area contributed by atoms with Crippen LogP contribution >= 0.6 is 0 Å². The van der Waals surface area contributed by atoms with Gasteiger partial charge in [-0.1, -0.05) is 0 Å². The number of nitrogens with one attached hydrogen (secondary N) is 1. The third-order valence-electron chi connectivity index (χ3n) is 1.49. The largest absolute Gasteiger partial charge is 0.481 e. The molecular formula is C6H9F2NO6S. The number of hydrogen-bond donors (Lipinski definition) is 3. The van der Waals surface area contributed by atoms with E-state index < -0.39 is 46.6 Å². The highest BCUT2D eigenvalue weighted by molar-refractivity contribution is 7.89. The third kappa shape index (κ3) is 4.98. The maximum Gasteiger partial charge on any atom is 0.350 e. The van der Waals surface area contributed by atoms with E-state index in [0.717, 1.165) is 0 Å². The molecular weight excluding hydrogens is 252 g/mol. The molecule has 1 unspecified atom stereocenters. The predicted octanol–water partition coefficient (Wildman–Crippen LogP) is -0.554. The van der Waals surface area contributed by atoms with Gasteiger partial charge >= 0.3 is 17.7 Å². The van der Waals surface area contributed by atoms with E-state index in [9.17, 15) is 26.8 Å². The maximum atomic E-state index is 11.9. The first-order valence-electron chi connectivity index (χ1n) is 3.90. The zero-order valence-electron chi connectivity index (χ0n) is 7.76. The lowest BCUT2D eigenvalue weighted by atomic mass is 10.2. The van der Waals surface area contributed by atoms with Crippen LogP contribution in [0.4, 0.5) is 8.78 Å². The molecule has 0 aromatic carbocycles. The van der Waals surface area contributed by atoms with E-state index in [2.05, 4.69) is 0 Å². The van der Waals surface area contributed by atoms with Gasteiger partial charge in [-0.2, -0.15) is 13.5 Å². The van der Waals surface area contributed by atoms with Gasteiger partial charge in [-0.3, -0.25) is 9.59 Å². The van der Waals surface area contributed by atoms with Crippen molar-refractivity contribution < 1.29 is 37.0 Å². The van der Waals surface area contributed by atoms with Crippen LogP contribution in [0.1, 0.15) is 12.8 Å². The highest BCUT2D eigenvalue weighted by Crippen LogP contribution is 2.06. The van der Waals surface area contributed by atoms with Gasteiger partial charge in [-0.25, -0.2) is 8.42 Å². The van der Waals surface area contributed by atoms with E-state index in [-0.39, 0.29) is 0 Å². The average molecular weight is 261 g/mol. The second kappa shape index (κ2) is 5.70. The summed E-state index contributed by atoms with van der Waals surface area (Å²) in [4.78, 5) is 20.6. The molecule has 0 heterocycles. The molecule has 1 atom stereocenters. The van der Waals surface area contributed by atoms with Gasteiger partial charge in [-0.15, -0.1) is 0 Å². The van der Waals surface area contributed by atoms with E-state index in [0.29, 0.717) is 0 Å². The van der Waals surface area contributed by atoms with Crippen molar-refractivity contribution in [2.75, 3.05) is 0 Å². The zero-order chi connectivity index (χ0) is 12.9. The van der Waals surface area contributed by atoms with Gasteiger partial charge in [0.25, 0.3) is 10.0 Å². The normalized spacial score (nSPS) is 13.7. The standard InChI is InChI=1S/C6H9F2NO6S/c7-6(8)16(14,15)9-3(5(12)13)1-2-4(10)11/h3,6,9H,1-2H2,(H,10,11)(H,12,13). The number of carbonyl (C=O) groups is 2. The molecule has 10 heteroatoms. The number of aliphatic carboxylic acids is 2. The first-order valence-corrected chi connectivity index (χ1v) is 5.45. The fraction of sp³-hybridized carbons (Fsp3) is 0.667. The van der Waals surface area contributed by atoms with Crippen LogP contribution in [0.25, 0.3) is 0 Å². The fourth-order valence-corrected chi connectivity index (χ4v) is 1.47. The van der Waals surface area contributed by atoms with Crippen molar-refractivity contribution in [3.05, 3.63) is 0 Å². The summed E-state index contributed by atoms with van der Waals surface area (Å²) in [6, 6.07) is -1.88. The third-order valence-corrected chi connectivity index (χ3v) is 2.57. The second-order valence-corrected chi connectivity index (χ2v) is 4.43. The van der Waals surface area contributed by atoms with Gasteiger partial charge in [0.05, 0.1) is 0 Å². The lowest BCUT2D eigenvalue weighted by Gasteiger charge is -2.12. The number of hydrogen-bond acceptors (Lipinski definition) is 4. The minimum Gasteiger partial charge on any atom is -0.481 e. The van der Waals surface area contributed by atoms with Crippen LogP contribution in [0.5, 0.6) is 0 Å². The number of halogens is 2. The highest BCUT2D eigenvalue weighted by atomic mass is 32.2. The molecule has 0 fully saturated rings. The van der Waals surface area contributed by atoms with Gasteiger partial charge in [-0.05, 0) is 6.42 Å². The molecule has 0 rings (SSSR count). The molecule has 0 aromatic rings. The number of carboxylic acids is 2. The molecule has 0 aliphatic heterocycles. The van der Waals surface area contributed by atoms with E-state index in [4.69, 9.17) is 10.2 Å². The summed E-state index contributed by atoms with van der Waals surface area (Å²) in [6.07, 6.45) is -1.26. The predicted molar refractivity (Wildman–Crippen MR) is 46.4 cm³/mol. The van der Waals surface area contributed by atoms with Crippen LogP contribution in [-0.2, 0) is 19.6 Å². The Kier molecular flexibility index (Phi) is 5.24. The molecule has 0 radical (unpaired) electrons. The Morgan fingerprint density at radius 1 is 1.25 bits per heavy atom.